The molecule has 1 amide bonds. The topological polar surface area (TPSA) is 162 Å². The Kier molecular flexibility index (Phi) is 7.13. The maximum Gasteiger partial charge on any atom is 0.336 e. The first-order chi connectivity index (χ1) is 18.1. The second-order valence-electron chi connectivity index (χ2n) is 8.08. The molecule has 0 aliphatic heterocycles. The lowest BCUT2D eigenvalue weighted by atomic mass is 9.79. The van der Waals surface area contributed by atoms with Crippen LogP contribution in [0.15, 0.2) is 54.6 Å². The van der Waals surface area contributed by atoms with E-state index in [9.17, 15) is 33.9 Å². The highest BCUT2D eigenvalue weighted by molar-refractivity contribution is 6.33. The molecule has 0 spiro atoms. The van der Waals surface area contributed by atoms with Crippen molar-refractivity contribution in [1.29, 1.82) is 0 Å². The fourth-order valence-corrected chi connectivity index (χ4v) is 4.01. The van der Waals surface area contributed by atoms with Gasteiger partial charge in [-0.15, -0.1) is 0 Å². The zero-order valence-corrected chi connectivity index (χ0v) is 20.0. The van der Waals surface area contributed by atoms with Gasteiger partial charge in [0.15, 0.2) is 5.78 Å². The van der Waals surface area contributed by atoms with E-state index in [1.54, 1.807) is 30.3 Å². The number of nitrogens with one attached hydrogen (secondary N) is 1. The van der Waals surface area contributed by atoms with Gasteiger partial charge < -0.3 is 14.6 Å². The van der Waals surface area contributed by atoms with E-state index in [4.69, 9.17) is 14.3 Å². The van der Waals surface area contributed by atoms with Crippen molar-refractivity contribution < 1.29 is 48.2 Å². The first kappa shape index (κ1) is 25.9. The number of hydrogen-bond acceptors (Lipinski definition) is 9. The molecule has 11 heteroatoms. The summed E-state index contributed by atoms with van der Waals surface area (Å²) in [6.45, 7) is 2.03. The van der Waals surface area contributed by atoms with Gasteiger partial charge in [-0.25, -0.2) is 10.3 Å². The maximum atomic E-state index is 13.7. The number of ether oxygens (including phenoxy) is 2. The van der Waals surface area contributed by atoms with Crippen LogP contribution in [0.3, 0.4) is 0 Å². The molecule has 0 atom stereocenters. The van der Waals surface area contributed by atoms with Gasteiger partial charge in [-0.3, -0.25) is 28.8 Å². The van der Waals surface area contributed by atoms with Gasteiger partial charge in [0.05, 0.1) is 34.4 Å². The van der Waals surface area contributed by atoms with Gasteiger partial charge in [0, 0.05) is 19.4 Å². The standard InChI is InChI=1S/C27H19NO10/c1-13(29)37-18-10-6-9-16-20(18)25(32)22-19(38-14(2)30)11-17(27(34)35)21(23(22)24(16)31)26(33)28-36-12-15-7-4-3-5-8-15/h3-11H,12H2,1-2H3,(H,28,33)(H,34,35). The number of fused-ring (bicyclic) bond motifs is 2. The van der Waals surface area contributed by atoms with Crippen molar-refractivity contribution >= 4 is 35.4 Å². The zero-order valence-electron chi connectivity index (χ0n) is 20.0. The summed E-state index contributed by atoms with van der Waals surface area (Å²) >= 11 is 0. The predicted octanol–water partition coefficient (Wildman–Crippen LogP) is 2.87. The van der Waals surface area contributed by atoms with Gasteiger partial charge >= 0.3 is 17.9 Å². The number of benzene rings is 3. The van der Waals surface area contributed by atoms with Crippen LogP contribution in [0.1, 0.15) is 72.0 Å². The average Bonchev–Trinajstić information content (AvgIpc) is 2.86. The first-order valence-corrected chi connectivity index (χ1v) is 11.1. The minimum Gasteiger partial charge on any atom is -0.478 e. The number of ketones is 2. The van der Waals surface area contributed by atoms with E-state index in [-0.39, 0.29) is 23.5 Å². The Morgan fingerprint density at radius 3 is 2.08 bits per heavy atom. The molecular weight excluding hydrogens is 498 g/mol. The Labute approximate surface area is 214 Å². The van der Waals surface area contributed by atoms with Crippen LogP contribution in [0.5, 0.6) is 11.5 Å². The molecule has 0 aromatic heterocycles. The first-order valence-electron chi connectivity index (χ1n) is 11.1. The molecule has 4 rings (SSSR count). The lowest BCUT2D eigenvalue weighted by Crippen LogP contribution is -2.32. The summed E-state index contributed by atoms with van der Waals surface area (Å²) in [7, 11) is 0. The minimum atomic E-state index is -1.63. The van der Waals surface area contributed by atoms with Gasteiger partial charge in [-0.2, -0.15) is 0 Å². The lowest BCUT2D eigenvalue weighted by molar-refractivity contribution is -0.132. The van der Waals surface area contributed by atoms with E-state index < -0.39 is 63.4 Å². The average molecular weight is 517 g/mol. The Morgan fingerprint density at radius 1 is 0.789 bits per heavy atom. The number of carbonyl (C=O) groups excluding carboxylic acids is 5. The summed E-state index contributed by atoms with van der Waals surface area (Å²) in [6.07, 6.45) is 0. The summed E-state index contributed by atoms with van der Waals surface area (Å²) in [6, 6.07) is 13.4. The van der Waals surface area contributed by atoms with Crippen LogP contribution < -0.4 is 15.0 Å². The van der Waals surface area contributed by atoms with Crippen molar-refractivity contribution in [3.63, 3.8) is 0 Å². The number of carboxylic acids is 1. The number of amides is 1. The van der Waals surface area contributed by atoms with Gasteiger partial charge in [0.2, 0.25) is 5.78 Å². The van der Waals surface area contributed by atoms with Gasteiger partial charge in [-0.05, 0) is 17.7 Å². The largest absolute Gasteiger partial charge is 0.478 e. The Hall–Kier alpha value is -5.16. The molecule has 0 radical (unpaired) electrons. The Morgan fingerprint density at radius 2 is 1.45 bits per heavy atom. The van der Waals surface area contributed by atoms with Crippen molar-refractivity contribution in [2.75, 3.05) is 0 Å². The van der Waals surface area contributed by atoms with Crippen molar-refractivity contribution in [3.8, 4) is 11.5 Å². The van der Waals surface area contributed by atoms with E-state index >= 15 is 0 Å². The number of hydrogen-bond donors (Lipinski definition) is 2. The van der Waals surface area contributed by atoms with Gasteiger partial charge in [0.1, 0.15) is 11.5 Å². The number of carboxylic acid groups (broad SMARTS) is 1. The number of esters is 2. The molecule has 192 valence electrons. The maximum absolute atomic E-state index is 13.7. The summed E-state index contributed by atoms with van der Waals surface area (Å²) in [4.78, 5) is 81.3. The molecule has 2 N–H and O–H groups in total. The third kappa shape index (κ3) is 4.90. The molecule has 11 nitrogen and oxygen atoms in total. The highest BCUT2D eigenvalue weighted by atomic mass is 16.6. The molecule has 0 heterocycles. The van der Waals surface area contributed by atoms with Crippen LogP contribution >= 0.6 is 0 Å². The summed E-state index contributed by atoms with van der Waals surface area (Å²) in [5.41, 5.74) is -0.248. The highest BCUT2D eigenvalue weighted by Gasteiger charge is 2.41. The third-order valence-electron chi connectivity index (χ3n) is 5.45. The molecule has 1 aliphatic rings. The minimum absolute atomic E-state index is 0.0792. The molecule has 0 fully saturated rings. The number of aromatic carboxylic acids is 1. The summed E-state index contributed by atoms with van der Waals surface area (Å²) < 4.78 is 10.2. The monoisotopic (exact) mass is 517 g/mol. The molecule has 0 saturated carbocycles. The third-order valence-corrected chi connectivity index (χ3v) is 5.45. The van der Waals surface area contributed by atoms with Crippen molar-refractivity contribution in [2.45, 2.75) is 20.5 Å². The van der Waals surface area contributed by atoms with Crippen LogP contribution in [-0.2, 0) is 21.0 Å². The smallest absolute Gasteiger partial charge is 0.336 e. The summed E-state index contributed by atoms with van der Waals surface area (Å²) in [5.74, 6) is -7.04. The number of hydroxylamine groups is 1. The second-order valence-corrected chi connectivity index (χ2v) is 8.08. The Bertz CT molecular complexity index is 1520. The zero-order chi connectivity index (χ0) is 27.6. The van der Waals surface area contributed by atoms with E-state index in [0.717, 1.165) is 19.9 Å². The van der Waals surface area contributed by atoms with E-state index in [2.05, 4.69) is 5.48 Å². The van der Waals surface area contributed by atoms with Crippen LogP contribution in [0.2, 0.25) is 0 Å². The SMILES string of the molecule is CC(=O)Oc1cccc2c1C(=O)c1c(OC(C)=O)cc(C(=O)O)c(C(=O)NOCc3ccccc3)c1C2=O. The van der Waals surface area contributed by atoms with E-state index in [1.807, 2.05) is 0 Å². The number of carbonyl (C=O) groups is 6. The normalized spacial score (nSPS) is 11.7. The molecule has 0 saturated heterocycles. The van der Waals surface area contributed by atoms with E-state index in [1.165, 1.54) is 18.2 Å². The highest BCUT2D eigenvalue weighted by Crippen LogP contribution is 2.40. The lowest BCUT2D eigenvalue weighted by Gasteiger charge is -2.24. The van der Waals surface area contributed by atoms with Crippen molar-refractivity contribution in [2.24, 2.45) is 0 Å². The molecule has 3 aromatic rings. The fraction of sp³-hybridized carbons (Fsp3) is 0.111. The molecule has 3 aromatic carbocycles. The van der Waals surface area contributed by atoms with Gasteiger partial charge in [-0.1, -0.05) is 42.5 Å². The van der Waals surface area contributed by atoms with Crippen LogP contribution in [0, 0.1) is 0 Å². The molecule has 0 unspecified atom stereocenters. The quantitative estimate of drug-likeness (QED) is 0.212. The predicted molar refractivity (Wildman–Crippen MR) is 128 cm³/mol. The van der Waals surface area contributed by atoms with Crippen molar-refractivity contribution in [1.82, 2.24) is 5.48 Å². The molecule has 0 bridgehead atoms. The van der Waals surface area contributed by atoms with Crippen LogP contribution in [0.25, 0.3) is 0 Å². The van der Waals surface area contributed by atoms with E-state index in [0.29, 0.717) is 5.56 Å². The van der Waals surface area contributed by atoms with Crippen LogP contribution in [0.4, 0.5) is 0 Å². The van der Waals surface area contributed by atoms with Gasteiger partial charge in [0.25, 0.3) is 5.91 Å². The Balaban J connectivity index is 1.89. The van der Waals surface area contributed by atoms with Crippen LogP contribution in [-0.4, -0.2) is 40.5 Å². The number of rotatable bonds is 7. The fourth-order valence-electron chi connectivity index (χ4n) is 4.01. The second kappa shape index (κ2) is 10.4. The van der Waals surface area contributed by atoms with Crippen molar-refractivity contribution in [3.05, 3.63) is 93.5 Å². The molecule has 1 aliphatic carbocycles. The molecular formula is C27H19NO10. The summed E-state index contributed by atoms with van der Waals surface area (Å²) in [5, 5.41) is 9.85. The molecule has 38 heavy (non-hydrogen) atoms.